The molecule has 1 heterocycles. The van der Waals surface area contributed by atoms with Crippen molar-refractivity contribution >= 4 is 33.4 Å². The fraction of sp³-hybridized carbons (Fsp3) is 0.333. The van der Waals surface area contributed by atoms with E-state index in [1.54, 1.807) is 12.1 Å². The number of nitrogens with one attached hydrogen (secondary N) is 2. The summed E-state index contributed by atoms with van der Waals surface area (Å²) in [5.41, 5.74) is 5.37. The molecule has 0 atom stereocenters. The molecular formula is C21H22ClN3O4S. The van der Waals surface area contributed by atoms with Crippen molar-refractivity contribution in [1.82, 2.24) is 15.2 Å². The predicted molar refractivity (Wildman–Crippen MR) is 112 cm³/mol. The monoisotopic (exact) mass is 447 g/mol. The Morgan fingerprint density at radius 3 is 2.07 bits per heavy atom. The lowest BCUT2D eigenvalue weighted by Gasteiger charge is -2.17. The quantitative estimate of drug-likeness (QED) is 0.689. The first-order valence-electron chi connectivity index (χ1n) is 9.80. The van der Waals surface area contributed by atoms with Gasteiger partial charge in [0.05, 0.1) is 10.3 Å². The molecule has 2 aromatic rings. The van der Waals surface area contributed by atoms with Gasteiger partial charge in [0.25, 0.3) is 5.91 Å². The second-order valence-corrected chi connectivity index (χ2v) is 10.0. The minimum Gasteiger partial charge on any atom is -0.272 e. The molecular weight excluding hydrogens is 426 g/mol. The summed E-state index contributed by atoms with van der Waals surface area (Å²) >= 11 is 5.91. The molecule has 2 amide bonds. The molecule has 2 aliphatic rings. The van der Waals surface area contributed by atoms with Gasteiger partial charge in [-0.2, -0.15) is 4.31 Å². The van der Waals surface area contributed by atoms with E-state index in [2.05, 4.69) is 10.9 Å². The van der Waals surface area contributed by atoms with Crippen molar-refractivity contribution in [2.24, 2.45) is 0 Å². The first kappa shape index (κ1) is 20.8. The zero-order valence-corrected chi connectivity index (χ0v) is 17.8. The zero-order chi connectivity index (χ0) is 21.4. The number of rotatable bonds is 5. The van der Waals surface area contributed by atoms with Gasteiger partial charge in [-0.3, -0.25) is 20.4 Å². The third kappa shape index (κ3) is 3.95. The molecule has 1 aliphatic heterocycles. The molecule has 2 fully saturated rings. The van der Waals surface area contributed by atoms with Crippen LogP contribution >= 0.6 is 11.6 Å². The molecule has 0 spiro atoms. The summed E-state index contributed by atoms with van der Waals surface area (Å²) in [5, 5.41) is 0.596. The number of halogens is 1. The zero-order valence-electron chi connectivity index (χ0n) is 16.2. The molecule has 0 radical (unpaired) electrons. The van der Waals surface area contributed by atoms with E-state index in [0.29, 0.717) is 31.0 Å². The molecule has 30 heavy (non-hydrogen) atoms. The van der Waals surface area contributed by atoms with Gasteiger partial charge in [-0.15, -0.1) is 0 Å². The summed E-state index contributed by atoms with van der Waals surface area (Å²) in [4.78, 5) is 25.2. The maximum absolute atomic E-state index is 12.6. The standard InChI is InChI=1S/C21H22ClN3O4S/c22-17-7-5-16(6-8-17)21(11-12-21)20(27)24-23-19(26)15-3-9-18(10-4-15)30(28,29)25-13-1-2-14-25/h3-10H,1-2,11-14H2,(H,23,26)(H,24,27). The minimum atomic E-state index is -3.53. The normalized spacial score (nSPS) is 18.0. The van der Waals surface area contributed by atoms with Crippen LogP contribution in [0.4, 0.5) is 0 Å². The van der Waals surface area contributed by atoms with Crippen LogP contribution in [0.5, 0.6) is 0 Å². The van der Waals surface area contributed by atoms with Crippen LogP contribution in [0.2, 0.25) is 5.02 Å². The Labute approximate surface area is 180 Å². The smallest absolute Gasteiger partial charge is 0.269 e. The summed E-state index contributed by atoms with van der Waals surface area (Å²) in [5.74, 6) is -0.799. The number of carbonyl (C=O) groups excluding carboxylic acids is 2. The van der Waals surface area contributed by atoms with Crippen LogP contribution in [0.1, 0.15) is 41.6 Å². The molecule has 1 aliphatic carbocycles. The topological polar surface area (TPSA) is 95.6 Å². The summed E-state index contributed by atoms with van der Waals surface area (Å²) in [6.45, 7) is 1.04. The van der Waals surface area contributed by atoms with Crippen LogP contribution in [0.3, 0.4) is 0 Å². The van der Waals surface area contributed by atoms with Crippen LogP contribution in [-0.4, -0.2) is 37.6 Å². The largest absolute Gasteiger partial charge is 0.272 e. The van der Waals surface area contributed by atoms with Crippen LogP contribution in [0, 0.1) is 0 Å². The number of hydrogen-bond acceptors (Lipinski definition) is 4. The van der Waals surface area contributed by atoms with Crippen molar-refractivity contribution in [2.75, 3.05) is 13.1 Å². The highest BCUT2D eigenvalue weighted by molar-refractivity contribution is 7.89. The van der Waals surface area contributed by atoms with Gasteiger partial charge in [0.2, 0.25) is 15.9 Å². The maximum Gasteiger partial charge on any atom is 0.269 e. The molecule has 1 saturated carbocycles. The van der Waals surface area contributed by atoms with Crippen LogP contribution in [0.15, 0.2) is 53.4 Å². The van der Waals surface area contributed by atoms with Crippen molar-refractivity contribution in [2.45, 2.75) is 36.0 Å². The Bertz CT molecular complexity index is 1060. The maximum atomic E-state index is 12.6. The number of sulfonamides is 1. The van der Waals surface area contributed by atoms with E-state index in [1.807, 2.05) is 12.1 Å². The van der Waals surface area contributed by atoms with E-state index in [1.165, 1.54) is 28.6 Å². The highest BCUT2D eigenvalue weighted by Crippen LogP contribution is 2.48. The Morgan fingerprint density at radius 1 is 0.900 bits per heavy atom. The number of benzene rings is 2. The fourth-order valence-electron chi connectivity index (χ4n) is 3.70. The van der Waals surface area contributed by atoms with Gasteiger partial charge in [-0.1, -0.05) is 23.7 Å². The summed E-state index contributed by atoms with van der Waals surface area (Å²) in [7, 11) is -3.53. The lowest BCUT2D eigenvalue weighted by atomic mass is 9.95. The Hall–Kier alpha value is -2.42. The van der Waals surface area contributed by atoms with Gasteiger partial charge in [-0.05, 0) is 67.6 Å². The number of amides is 2. The molecule has 7 nitrogen and oxygen atoms in total. The van der Waals surface area contributed by atoms with E-state index in [4.69, 9.17) is 11.6 Å². The van der Waals surface area contributed by atoms with Crippen molar-refractivity contribution in [1.29, 1.82) is 0 Å². The van der Waals surface area contributed by atoms with E-state index < -0.39 is 21.3 Å². The summed E-state index contributed by atoms with van der Waals surface area (Å²) < 4.78 is 26.6. The van der Waals surface area contributed by atoms with E-state index in [-0.39, 0.29) is 16.4 Å². The Balaban J connectivity index is 1.38. The van der Waals surface area contributed by atoms with Gasteiger partial charge in [-0.25, -0.2) is 8.42 Å². The molecule has 2 aromatic carbocycles. The lowest BCUT2D eigenvalue weighted by Crippen LogP contribution is -2.46. The first-order valence-corrected chi connectivity index (χ1v) is 11.6. The predicted octanol–water partition coefficient (Wildman–Crippen LogP) is 2.62. The van der Waals surface area contributed by atoms with Crippen LogP contribution < -0.4 is 10.9 Å². The summed E-state index contributed by atoms with van der Waals surface area (Å²) in [6.07, 6.45) is 3.10. The molecule has 0 bridgehead atoms. The van der Waals surface area contributed by atoms with Crippen molar-refractivity contribution < 1.29 is 18.0 Å². The Kier molecular flexibility index (Phi) is 5.57. The fourth-order valence-corrected chi connectivity index (χ4v) is 5.34. The van der Waals surface area contributed by atoms with Gasteiger partial charge in [0, 0.05) is 23.7 Å². The van der Waals surface area contributed by atoms with E-state index in [0.717, 1.165) is 18.4 Å². The van der Waals surface area contributed by atoms with E-state index in [9.17, 15) is 18.0 Å². The third-order valence-corrected chi connectivity index (χ3v) is 7.86. The molecule has 1 saturated heterocycles. The minimum absolute atomic E-state index is 0.157. The van der Waals surface area contributed by atoms with Gasteiger partial charge < -0.3 is 0 Å². The van der Waals surface area contributed by atoms with Crippen molar-refractivity contribution in [3.63, 3.8) is 0 Å². The highest BCUT2D eigenvalue weighted by atomic mass is 35.5. The van der Waals surface area contributed by atoms with Gasteiger partial charge >= 0.3 is 0 Å². The van der Waals surface area contributed by atoms with Gasteiger partial charge in [0.1, 0.15) is 0 Å². The second-order valence-electron chi connectivity index (χ2n) is 7.63. The van der Waals surface area contributed by atoms with E-state index >= 15 is 0 Å². The lowest BCUT2D eigenvalue weighted by molar-refractivity contribution is -0.124. The van der Waals surface area contributed by atoms with Crippen LogP contribution in [0.25, 0.3) is 0 Å². The molecule has 4 rings (SSSR count). The Morgan fingerprint density at radius 2 is 1.50 bits per heavy atom. The number of nitrogens with zero attached hydrogens (tertiary/aromatic N) is 1. The first-order chi connectivity index (χ1) is 14.3. The second kappa shape index (κ2) is 8.02. The molecule has 158 valence electrons. The van der Waals surface area contributed by atoms with Crippen LogP contribution in [-0.2, 0) is 20.2 Å². The number of hydrogen-bond donors (Lipinski definition) is 2. The average Bonchev–Trinajstić information content (AvgIpc) is 3.36. The van der Waals surface area contributed by atoms with Gasteiger partial charge in [0.15, 0.2) is 0 Å². The SMILES string of the molecule is O=C(NNC(=O)C1(c2ccc(Cl)cc2)CC1)c1ccc(S(=O)(=O)N2CCCC2)cc1. The third-order valence-electron chi connectivity index (χ3n) is 5.69. The van der Waals surface area contributed by atoms with Crippen molar-refractivity contribution in [3.8, 4) is 0 Å². The average molecular weight is 448 g/mol. The van der Waals surface area contributed by atoms with Crippen molar-refractivity contribution in [3.05, 3.63) is 64.7 Å². The highest BCUT2D eigenvalue weighted by Gasteiger charge is 2.51. The number of carbonyl (C=O) groups is 2. The molecule has 2 N–H and O–H groups in total. The number of hydrazine groups is 1. The summed E-state index contributed by atoms with van der Waals surface area (Å²) in [6, 6.07) is 12.8. The molecule has 0 aromatic heterocycles. The molecule has 0 unspecified atom stereocenters. The molecule has 9 heteroatoms.